The second-order valence-electron chi connectivity index (χ2n) is 1.68. The smallest absolute Gasteiger partial charge is 0.142 e. The van der Waals surface area contributed by atoms with Crippen molar-refractivity contribution in [3.63, 3.8) is 0 Å². The molecule has 1 aromatic rings. The summed E-state index contributed by atoms with van der Waals surface area (Å²) in [5.41, 5.74) is 0.442. The van der Waals surface area contributed by atoms with Crippen LogP contribution < -0.4 is 0 Å². The van der Waals surface area contributed by atoms with Crippen molar-refractivity contribution in [1.29, 1.82) is 0 Å². The van der Waals surface area contributed by atoms with E-state index in [4.69, 9.17) is 10.3 Å². The van der Waals surface area contributed by atoms with E-state index in [9.17, 15) is 0 Å². The van der Waals surface area contributed by atoms with Crippen LogP contribution in [-0.2, 0) is 0 Å². The van der Waals surface area contributed by atoms with Crippen molar-refractivity contribution in [2.75, 3.05) is 0 Å². The number of hydrogen-bond acceptors (Lipinski definition) is 4. The molecule has 0 amide bonds. The molecule has 2 N–H and O–H groups in total. The third-order valence-electron chi connectivity index (χ3n) is 1.03. The van der Waals surface area contributed by atoms with Gasteiger partial charge in [-0.05, 0) is 6.07 Å². The standard InChI is InChI=1S/C6H6N2O2/c9-6-4-7-2-1-5(6)3-8-10/h1-4,9-10H/b8-3+. The fraction of sp³-hybridized carbons (Fsp3) is 0. The van der Waals surface area contributed by atoms with E-state index in [1.165, 1.54) is 18.5 Å². The van der Waals surface area contributed by atoms with E-state index in [2.05, 4.69) is 10.1 Å². The molecule has 0 bridgehead atoms. The van der Waals surface area contributed by atoms with Crippen LogP contribution in [-0.4, -0.2) is 21.5 Å². The van der Waals surface area contributed by atoms with Gasteiger partial charge in [-0.2, -0.15) is 0 Å². The molecule has 1 heterocycles. The zero-order chi connectivity index (χ0) is 7.40. The summed E-state index contributed by atoms with van der Waals surface area (Å²) >= 11 is 0. The van der Waals surface area contributed by atoms with Crippen molar-refractivity contribution in [2.45, 2.75) is 0 Å². The monoisotopic (exact) mass is 138 g/mol. The predicted octanol–water partition coefficient (Wildman–Crippen LogP) is 0.595. The fourth-order valence-corrected chi connectivity index (χ4v) is 0.568. The summed E-state index contributed by atoms with van der Waals surface area (Å²) in [6.07, 6.45) is 3.91. The summed E-state index contributed by atoms with van der Waals surface area (Å²) in [6, 6.07) is 1.54. The Bertz CT molecular complexity index is 247. The SMILES string of the molecule is O/N=C/c1ccncc1O. The molecular formula is C6H6N2O2. The molecule has 0 aliphatic heterocycles. The van der Waals surface area contributed by atoms with Gasteiger partial charge in [-0.1, -0.05) is 5.16 Å². The molecule has 1 rings (SSSR count). The molecule has 0 aliphatic rings. The van der Waals surface area contributed by atoms with E-state index in [-0.39, 0.29) is 5.75 Å². The lowest BCUT2D eigenvalue weighted by atomic mass is 10.3. The van der Waals surface area contributed by atoms with E-state index in [1.807, 2.05) is 0 Å². The number of hydrogen-bond donors (Lipinski definition) is 2. The average molecular weight is 138 g/mol. The first-order valence-corrected chi connectivity index (χ1v) is 2.65. The lowest BCUT2D eigenvalue weighted by Crippen LogP contribution is -1.82. The Kier molecular flexibility index (Phi) is 1.84. The lowest BCUT2D eigenvalue weighted by Gasteiger charge is -1.92. The van der Waals surface area contributed by atoms with Crippen molar-refractivity contribution >= 4 is 6.21 Å². The minimum absolute atomic E-state index is 0.000278. The quantitative estimate of drug-likeness (QED) is 0.339. The van der Waals surface area contributed by atoms with Crippen LogP contribution in [0.5, 0.6) is 5.75 Å². The zero-order valence-electron chi connectivity index (χ0n) is 5.10. The van der Waals surface area contributed by atoms with Crippen molar-refractivity contribution in [3.8, 4) is 5.75 Å². The highest BCUT2D eigenvalue weighted by atomic mass is 16.4. The van der Waals surface area contributed by atoms with Gasteiger partial charge in [0, 0.05) is 11.8 Å². The van der Waals surface area contributed by atoms with Crippen LogP contribution in [0, 0.1) is 0 Å². The maximum absolute atomic E-state index is 8.98. The summed E-state index contributed by atoms with van der Waals surface area (Å²) in [6.45, 7) is 0. The molecule has 0 atom stereocenters. The molecule has 0 saturated carbocycles. The Balaban J connectivity index is 3.03. The van der Waals surface area contributed by atoms with Gasteiger partial charge in [0.1, 0.15) is 5.75 Å². The number of nitrogens with zero attached hydrogens (tertiary/aromatic N) is 2. The maximum Gasteiger partial charge on any atom is 0.142 e. The first kappa shape index (κ1) is 6.54. The molecule has 1 aromatic heterocycles. The summed E-state index contributed by atoms with van der Waals surface area (Å²) in [5, 5.41) is 19.8. The summed E-state index contributed by atoms with van der Waals surface area (Å²) in [5.74, 6) is 0.000278. The van der Waals surface area contributed by atoms with Crippen molar-refractivity contribution in [2.24, 2.45) is 5.16 Å². The Morgan fingerprint density at radius 2 is 2.40 bits per heavy atom. The first-order valence-electron chi connectivity index (χ1n) is 2.65. The highest BCUT2D eigenvalue weighted by Gasteiger charge is 1.93. The maximum atomic E-state index is 8.98. The van der Waals surface area contributed by atoms with Crippen molar-refractivity contribution < 1.29 is 10.3 Å². The van der Waals surface area contributed by atoms with E-state index < -0.39 is 0 Å². The molecule has 0 unspecified atom stereocenters. The summed E-state index contributed by atoms with van der Waals surface area (Å²) < 4.78 is 0. The molecular weight excluding hydrogens is 132 g/mol. The molecule has 0 spiro atoms. The number of rotatable bonds is 1. The number of aromatic nitrogens is 1. The van der Waals surface area contributed by atoms with Crippen molar-refractivity contribution in [1.82, 2.24) is 4.98 Å². The molecule has 0 aliphatic carbocycles. The predicted molar refractivity (Wildman–Crippen MR) is 35.3 cm³/mol. The van der Waals surface area contributed by atoms with Gasteiger partial charge < -0.3 is 10.3 Å². The van der Waals surface area contributed by atoms with Crippen molar-refractivity contribution in [3.05, 3.63) is 24.0 Å². The number of aromatic hydroxyl groups is 1. The van der Waals surface area contributed by atoms with E-state index in [0.29, 0.717) is 5.56 Å². The topological polar surface area (TPSA) is 65.7 Å². The van der Waals surface area contributed by atoms with Crippen LogP contribution in [0.4, 0.5) is 0 Å². The van der Waals surface area contributed by atoms with Crippen LogP contribution in [0.2, 0.25) is 0 Å². The van der Waals surface area contributed by atoms with Crippen LogP contribution >= 0.6 is 0 Å². The third kappa shape index (κ3) is 1.22. The van der Waals surface area contributed by atoms with Crippen LogP contribution in [0.15, 0.2) is 23.6 Å². The van der Waals surface area contributed by atoms with E-state index in [0.717, 1.165) is 6.21 Å². The van der Waals surface area contributed by atoms with Crippen LogP contribution in [0.1, 0.15) is 5.56 Å². The van der Waals surface area contributed by atoms with Gasteiger partial charge in [0.05, 0.1) is 12.4 Å². The minimum atomic E-state index is 0.000278. The Hall–Kier alpha value is -1.58. The van der Waals surface area contributed by atoms with Gasteiger partial charge in [0.15, 0.2) is 0 Å². The second-order valence-corrected chi connectivity index (χ2v) is 1.68. The molecule has 52 valence electrons. The zero-order valence-corrected chi connectivity index (χ0v) is 5.10. The fourth-order valence-electron chi connectivity index (χ4n) is 0.568. The van der Waals surface area contributed by atoms with Gasteiger partial charge >= 0.3 is 0 Å². The van der Waals surface area contributed by atoms with Gasteiger partial charge in [0.2, 0.25) is 0 Å². The largest absolute Gasteiger partial charge is 0.506 e. The summed E-state index contributed by atoms with van der Waals surface area (Å²) in [7, 11) is 0. The molecule has 0 aromatic carbocycles. The number of oxime groups is 1. The number of pyridine rings is 1. The van der Waals surface area contributed by atoms with Gasteiger partial charge in [0.25, 0.3) is 0 Å². The minimum Gasteiger partial charge on any atom is -0.506 e. The third-order valence-corrected chi connectivity index (χ3v) is 1.03. The Morgan fingerprint density at radius 1 is 1.60 bits per heavy atom. The second kappa shape index (κ2) is 2.82. The average Bonchev–Trinajstić information content (AvgIpc) is 1.94. The highest BCUT2D eigenvalue weighted by Crippen LogP contribution is 2.10. The van der Waals surface area contributed by atoms with Gasteiger partial charge in [-0.25, -0.2) is 0 Å². The molecule has 4 nitrogen and oxygen atoms in total. The normalized spacial score (nSPS) is 10.4. The Labute approximate surface area is 57.5 Å². The molecule has 0 radical (unpaired) electrons. The summed E-state index contributed by atoms with van der Waals surface area (Å²) in [4.78, 5) is 3.63. The van der Waals surface area contributed by atoms with Gasteiger partial charge in [-0.15, -0.1) is 0 Å². The van der Waals surface area contributed by atoms with Crippen LogP contribution in [0.3, 0.4) is 0 Å². The first-order chi connectivity index (χ1) is 4.84. The molecule has 4 heteroatoms. The van der Waals surface area contributed by atoms with Crippen LogP contribution in [0.25, 0.3) is 0 Å². The van der Waals surface area contributed by atoms with E-state index >= 15 is 0 Å². The van der Waals surface area contributed by atoms with Gasteiger partial charge in [-0.3, -0.25) is 4.98 Å². The lowest BCUT2D eigenvalue weighted by molar-refractivity contribution is 0.321. The Morgan fingerprint density at radius 3 is 3.00 bits per heavy atom. The molecule has 10 heavy (non-hydrogen) atoms. The molecule has 0 saturated heterocycles. The van der Waals surface area contributed by atoms with E-state index in [1.54, 1.807) is 0 Å². The highest BCUT2D eigenvalue weighted by molar-refractivity contribution is 5.82. The molecule has 0 fully saturated rings.